The number of urea groups is 1. The number of carbonyl (C=O) groups is 3. The molecule has 2 fully saturated rings. The summed E-state index contributed by atoms with van der Waals surface area (Å²) in [6, 6.07) is 11.1. The molecule has 0 aliphatic carbocycles. The highest BCUT2D eigenvalue weighted by Crippen LogP contribution is 2.29. The van der Waals surface area contributed by atoms with Gasteiger partial charge in [-0.1, -0.05) is 31.2 Å². The molecule has 2 N–H and O–H groups in total. The van der Waals surface area contributed by atoms with E-state index in [1.165, 1.54) is 17.7 Å². The van der Waals surface area contributed by atoms with Gasteiger partial charge in [-0.2, -0.15) is 0 Å². The molecule has 2 aliphatic rings. The first-order valence-electron chi connectivity index (χ1n) is 10.7. The topological polar surface area (TPSA) is 81.8 Å². The van der Waals surface area contributed by atoms with Crippen LogP contribution < -0.4 is 10.6 Å². The van der Waals surface area contributed by atoms with Crippen LogP contribution in [0.4, 0.5) is 4.79 Å². The molecule has 1 aromatic heterocycles. The molecule has 31 heavy (non-hydrogen) atoms. The number of nitrogens with one attached hydrogen (secondary N) is 2. The van der Waals surface area contributed by atoms with E-state index in [1.807, 2.05) is 6.07 Å². The Balaban J connectivity index is 1.46. The van der Waals surface area contributed by atoms with Crippen LogP contribution in [0.5, 0.6) is 0 Å². The predicted molar refractivity (Wildman–Crippen MR) is 120 cm³/mol. The third-order valence-electron chi connectivity index (χ3n) is 6.11. The summed E-state index contributed by atoms with van der Waals surface area (Å²) in [7, 11) is 0. The molecule has 1 unspecified atom stereocenters. The quantitative estimate of drug-likeness (QED) is 0.649. The van der Waals surface area contributed by atoms with Crippen molar-refractivity contribution in [2.45, 2.75) is 32.4 Å². The third kappa shape index (κ3) is 4.97. The van der Waals surface area contributed by atoms with Crippen LogP contribution in [0.15, 0.2) is 41.8 Å². The number of hydrogen-bond acceptors (Lipinski definition) is 5. The van der Waals surface area contributed by atoms with Gasteiger partial charge in [0.1, 0.15) is 0 Å². The Morgan fingerprint density at radius 3 is 2.65 bits per heavy atom. The van der Waals surface area contributed by atoms with Gasteiger partial charge in [0.15, 0.2) is 0 Å². The summed E-state index contributed by atoms with van der Waals surface area (Å²) in [5.74, 6) is 0.277. The normalized spacial score (nSPS) is 18.8. The van der Waals surface area contributed by atoms with E-state index < -0.39 is 6.03 Å². The summed E-state index contributed by atoms with van der Waals surface area (Å²) in [4.78, 5) is 41.8. The fraction of sp³-hybridized carbons (Fsp3) is 0.435. The Bertz CT molecular complexity index is 922. The molecule has 0 spiro atoms. The number of rotatable bonds is 7. The van der Waals surface area contributed by atoms with E-state index in [9.17, 15) is 14.4 Å². The van der Waals surface area contributed by atoms with E-state index in [2.05, 4.69) is 40.0 Å². The van der Waals surface area contributed by atoms with Gasteiger partial charge in [0.25, 0.3) is 5.91 Å². The average molecular weight is 441 g/mol. The molecule has 3 heterocycles. The largest absolute Gasteiger partial charge is 0.350 e. The Labute approximate surface area is 186 Å². The standard InChI is InChI=1S/C23H28N4O3S/c1-16-8-10-26(11-9-16)19(20-7-4-12-31-20)13-24-22(29)18-6-3-2-5-17(18)15-27-21(28)14-25-23(27)30/h2-7,12,16,19H,8-11,13-15H2,1H3,(H,24,29)(H,25,30). The van der Waals surface area contributed by atoms with E-state index in [-0.39, 0.29) is 30.9 Å². The van der Waals surface area contributed by atoms with Gasteiger partial charge in [-0.3, -0.25) is 19.4 Å². The maximum absolute atomic E-state index is 13.1. The highest BCUT2D eigenvalue weighted by atomic mass is 32.1. The molecule has 8 heteroatoms. The van der Waals surface area contributed by atoms with Crippen LogP contribution in [0.2, 0.25) is 0 Å². The molecular weight excluding hydrogens is 412 g/mol. The van der Waals surface area contributed by atoms with Crippen molar-refractivity contribution in [3.8, 4) is 0 Å². The van der Waals surface area contributed by atoms with Gasteiger partial charge in [0, 0.05) is 17.0 Å². The first kappa shape index (κ1) is 21.5. The molecule has 7 nitrogen and oxygen atoms in total. The van der Waals surface area contributed by atoms with Gasteiger partial charge >= 0.3 is 6.03 Å². The molecule has 0 radical (unpaired) electrons. The number of carbonyl (C=O) groups excluding carboxylic acids is 3. The zero-order chi connectivity index (χ0) is 21.8. The van der Waals surface area contributed by atoms with E-state index >= 15 is 0 Å². The minimum atomic E-state index is -0.419. The maximum atomic E-state index is 13.1. The molecule has 0 bridgehead atoms. The second-order valence-corrected chi connectivity index (χ2v) is 9.23. The van der Waals surface area contributed by atoms with Gasteiger partial charge in [-0.15, -0.1) is 11.3 Å². The lowest BCUT2D eigenvalue weighted by Crippen LogP contribution is -2.41. The summed E-state index contributed by atoms with van der Waals surface area (Å²) >= 11 is 1.72. The summed E-state index contributed by atoms with van der Waals surface area (Å²) in [5, 5.41) is 7.70. The van der Waals surface area contributed by atoms with Crippen LogP contribution >= 0.6 is 11.3 Å². The van der Waals surface area contributed by atoms with Crippen LogP contribution in [0.1, 0.15) is 46.6 Å². The maximum Gasteiger partial charge on any atom is 0.324 e. The fourth-order valence-electron chi connectivity index (χ4n) is 4.18. The van der Waals surface area contributed by atoms with Crippen LogP contribution in [0.3, 0.4) is 0 Å². The van der Waals surface area contributed by atoms with E-state index in [0.29, 0.717) is 17.7 Å². The first-order valence-corrected chi connectivity index (χ1v) is 11.6. The Morgan fingerprint density at radius 1 is 1.19 bits per heavy atom. The number of piperidine rings is 1. The zero-order valence-electron chi connectivity index (χ0n) is 17.7. The van der Waals surface area contributed by atoms with Gasteiger partial charge in [-0.05, 0) is 54.9 Å². The number of hydrogen-bond donors (Lipinski definition) is 2. The highest BCUT2D eigenvalue weighted by molar-refractivity contribution is 7.10. The number of amides is 4. The SMILES string of the molecule is CC1CCN(C(CNC(=O)c2ccccc2CN2C(=O)CNC2=O)c2cccs2)CC1. The van der Waals surface area contributed by atoms with Crippen LogP contribution in [0, 0.1) is 5.92 Å². The van der Waals surface area contributed by atoms with Crippen LogP contribution in [-0.2, 0) is 11.3 Å². The molecule has 4 amide bonds. The summed E-state index contributed by atoms with van der Waals surface area (Å²) in [6.45, 7) is 4.97. The number of nitrogens with zero attached hydrogens (tertiary/aromatic N) is 2. The zero-order valence-corrected chi connectivity index (χ0v) is 18.5. The number of thiophene rings is 1. The van der Waals surface area contributed by atoms with Crippen molar-refractivity contribution in [1.29, 1.82) is 0 Å². The smallest absolute Gasteiger partial charge is 0.324 e. The van der Waals surface area contributed by atoms with E-state index in [0.717, 1.165) is 23.9 Å². The number of benzene rings is 1. The molecule has 0 saturated carbocycles. The minimum absolute atomic E-state index is 0.00411. The lowest BCUT2D eigenvalue weighted by atomic mass is 9.97. The lowest BCUT2D eigenvalue weighted by molar-refractivity contribution is -0.125. The van der Waals surface area contributed by atoms with Gasteiger partial charge in [0.2, 0.25) is 5.91 Å². The fourth-order valence-corrected chi connectivity index (χ4v) is 5.04. The number of imide groups is 1. The molecule has 2 aromatic rings. The van der Waals surface area contributed by atoms with Crippen LogP contribution in [0.25, 0.3) is 0 Å². The minimum Gasteiger partial charge on any atom is -0.350 e. The number of likely N-dealkylation sites (tertiary alicyclic amines) is 1. The Hall–Kier alpha value is -2.71. The molecule has 2 aliphatic heterocycles. The van der Waals surface area contributed by atoms with Crippen molar-refractivity contribution in [1.82, 2.24) is 20.4 Å². The summed E-state index contributed by atoms with van der Waals surface area (Å²) < 4.78 is 0. The van der Waals surface area contributed by atoms with Gasteiger partial charge < -0.3 is 10.6 Å². The molecule has 1 atom stereocenters. The van der Waals surface area contributed by atoms with Gasteiger partial charge in [-0.25, -0.2) is 4.79 Å². The molecule has 2 saturated heterocycles. The van der Waals surface area contributed by atoms with Crippen molar-refractivity contribution in [2.24, 2.45) is 5.92 Å². The van der Waals surface area contributed by atoms with Crippen molar-refractivity contribution < 1.29 is 14.4 Å². The molecule has 4 rings (SSSR count). The van der Waals surface area contributed by atoms with Crippen molar-refractivity contribution in [3.05, 3.63) is 57.8 Å². The van der Waals surface area contributed by atoms with E-state index in [4.69, 9.17) is 0 Å². The highest BCUT2D eigenvalue weighted by Gasteiger charge is 2.30. The average Bonchev–Trinajstić information content (AvgIpc) is 3.41. The van der Waals surface area contributed by atoms with Gasteiger partial charge in [0.05, 0.1) is 19.1 Å². The van der Waals surface area contributed by atoms with Crippen LogP contribution in [-0.4, -0.2) is 53.8 Å². The van der Waals surface area contributed by atoms with Crippen molar-refractivity contribution in [3.63, 3.8) is 0 Å². The van der Waals surface area contributed by atoms with Crippen molar-refractivity contribution >= 4 is 29.2 Å². The molecular formula is C23H28N4O3S. The lowest BCUT2D eigenvalue weighted by Gasteiger charge is -2.36. The first-order chi connectivity index (χ1) is 15.0. The van der Waals surface area contributed by atoms with Crippen molar-refractivity contribution in [2.75, 3.05) is 26.2 Å². The Morgan fingerprint density at radius 2 is 1.97 bits per heavy atom. The monoisotopic (exact) mass is 440 g/mol. The third-order valence-corrected chi connectivity index (χ3v) is 7.09. The summed E-state index contributed by atoms with van der Waals surface area (Å²) in [5.41, 5.74) is 1.15. The Kier molecular flexibility index (Phi) is 6.67. The molecule has 1 aromatic carbocycles. The molecule has 164 valence electrons. The predicted octanol–water partition coefficient (Wildman–Crippen LogP) is 3.00. The van der Waals surface area contributed by atoms with E-state index in [1.54, 1.807) is 29.5 Å². The second kappa shape index (κ2) is 9.62. The second-order valence-electron chi connectivity index (χ2n) is 8.26. The summed E-state index contributed by atoms with van der Waals surface area (Å²) in [6.07, 6.45) is 2.34.